The standard InChI is InChI=1S/C25H20F3N5O/c1-15-3-4-19(33-24(34)18-7-9-31-22(12-18)25(26,27)28)14-20(15)16-5-8-30-21(11-16)17-6-10-32-23(13-17)29-2/h3-14H,1-2H3,(H,29,32)(H,33,34). The number of amides is 1. The van der Waals surface area contributed by atoms with Crippen molar-refractivity contribution in [3.8, 4) is 22.4 Å². The molecule has 0 aliphatic heterocycles. The Hall–Kier alpha value is -4.27. The number of alkyl halides is 3. The molecular formula is C25H20F3N5O. The van der Waals surface area contributed by atoms with Crippen LogP contribution in [0.2, 0.25) is 0 Å². The molecule has 0 spiro atoms. The lowest BCUT2D eigenvalue weighted by atomic mass is 9.99. The van der Waals surface area contributed by atoms with E-state index in [-0.39, 0.29) is 5.56 Å². The molecule has 0 atom stereocenters. The fourth-order valence-electron chi connectivity index (χ4n) is 3.42. The second-order valence-electron chi connectivity index (χ2n) is 7.52. The minimum atomic E-state index is -4.63. The molecule has 0 unspecified atom stereocenters. The van der Waals surface area contributed by atoms with Gasteiger partial charge in [-0.25, -0.2) is 4.98 Å². The summed E-state index contributed by atoms with van der Waals surface area (Å²) in [5, 5.41) is 5.67. The molecule has 4 rings (SSSR count). The highest BCUT2D eigenvalue weighted by atomic mass is 19.4. The summed E-state index contributed by atoms with van der Waals surface area (Å²) < 4.78 is 38.8. The van der Waals surface area contributed by atoms with E-state index in [4.69, 9.17) is 0 Å². The maximum absolute atomic E-state index is 12.9. The maximum Gasteiger partial charge on any atom is 0.433 e. The second-order valence-corrected chi connectivity index (χ2v) is 7.52. The van der Waals surface area contributed by atoms with Crippen LogP contribution in [0.5, 0.6) is 0 Å². The van der Waals surface area contributed by atoms with E-state index < -0.39 is 17.8 Å². The first kappa shape index (κ1) is 22.9. The van der Waals surface area contributed by atoms with Gasteiger partial charge >= 0.3 is 6.18 Å². The number of carbonyl (C=O) groups is 1. The van der Waals surface area contributed by atoms with Crippen LogP contribution in [0.15, 0.2) is 73.2 Å². The Morgan fingerprint density at radius 2 is 1.59 bits per heavy atom. The van der Waals surface area contributed by atoms with Crippen molar-refractivity contribution in [2.24, 2.45) is 0 Å². The molecule has 4 aromatic rings. The summed E-state index contributed by atoms with van der Waals surface area (Å²) in [7, 11) is 1.79. The van der Waals surface area contributed by atoms with Crippen LogP contribution in [0.4, 0.5) is 24.7 Å². The van der Waals surface area contributed by atoms with Gasteiger partial charge in [-0.3, -0.25) is 14.8 Å². The van der Waals surface area contributed by atoms with Crippen LogP contribution in [0.1, 0.15) is 21.6 Å². The lowest BCUT2D eigenvalue weighted by molar-refractivity contribution is -0.141. The number of carbonyl (C=O) groups excluding carboxylic acids is 1. The van der Waals surface area contributed by atoms with Crippen molar-refractivity contribution in [1.82, 2.24) is 15.0 Å². The number of nitrogens with zero attached hydrogens (tertiary/aromatic N) is 3. The van der Waals surface area contributed by atoms with Crippen molar-refractivity contribution in [2.75, 3.05) is 17.7 Å². The highest BCUT2D eigenvalue weighted by Gasteiger charge is 2.33. The smallest absolute Gasteiger partial charge is 0.373 e. The summed E-state index contributed by atoms with van der Waals surface area (Å²) in [6, 6.07) is 14.8. The normalized spacial score (nSPS) is 11.2. The van der Waals surface area contributed by atoms with Crippen LogP contribution in [0, 0.1) is 6.92 Å². The van der Waals surface area contributed by atoms with Crippen LogP contribution in [0.25, 0.3) is 22.4 Å². The van der Waals surface area contributed by atoms with E-state index in [9.17, 15) is 18.0 Å². The molecule has 0 saturated heterocycles. The second kappa shape index (κ2) is 9.30. The highest BCUT2D eigenvalue weighted by Crippen LogP contribution is 2.31. The molecule has 34 heavy (non-hydrogen) atoms. The molecule has 6 nitrogen and oxygen atoms in total. The Morgan fingerprint density at radius 3 is 2.35 bits per heavy atom. The first-order valence-electron chi connectivity index (χ1n) is 10.3. The molecule has 0 radical (unpaired) electrons. The fourth-order valence-corrected chi connectivity index (χ4v) is 3.42. The molecular weight excluding hydrogens is 443 g/mol. The van der Waals surface area contributed by atoms with Gasteiger partial charge in [0.15, 0.2) is 0 Å². The molecule has 3 heterocycles. The Bertz CT molecular complexity index is 1350. The molecule has 172 valence electrons. The van der Waals surface area contributed by atoms with E-state index in [1.54, 1.807) is 31.6 Å². The van der Waals surface area contributed by atoms with Gasteiger partial charge in [-0.2, -0.15) is 13.2 Å². The van der Waals surface area contributed by atoms with Crippen molar-refractivity contribution in [3.63, 3.8) is 0 Å². The number of hydrogen-bond donors (Lipinski definition) is 2. The van der Waals surface area contributed by atoms with E-state index >= 15 is 0 Å². The number of pyridine rings is 3. The van der Waals surface area contributed by atoms with Gasteiger partial charge < -0.3 is 10.6 Å². The van der Waals surface area contributed by atoms with E-state index in [0.29, 0.717) is 5.69 Å². The van der Waals surface area contributed by atoms with Gasteiger partial charge in [0.1, 0.15) is 11.5 Å². The number of benzene rings is 1. The largest absolute Gasteiger partial charge is 0.433 e. The third kappa shape index (κ3) is 5.03. The van der Waals surface area contributed by atoms with Crippen molar-refractivity contribution in [3.05, 3.63) is 90.0 Å². The summed E-state index contributed by atoms with van der Waals surface area (Å²) in [5.41, 5.74) is 3.54. The minimum absolute atomic E-state index is 0.131. The number of hydrogen-bond acceptors (Lipinski definition) is 5. The first-order chi connectivity index (χ1) is 16.2. The fraction of sp³-hybridized carbons (Fsp3) is 0.120. The zero-order valence-corrected chi connectivity index (χ0v) is 18.3. The molecule has 0 bridgehead atoms. The van der Waals surface area contributed by atoms with Gasteiger partial charge in [0.25, 0.3) is 5.91 Å². The molecule has 1 aromatic carbocycles. The van der Waals surface area contributed by atoms with Gasteiger partial charge in [0.05, 0.1) is 5.69 Å². The molecule has 1 amide bonds. The summed E-state index contributed by atoms with van der Waals surface area (Å²) in [5.74, 6) is 0.0601. The van der Waals surface area contributed by atoms with Crippen molar-refractivity contribution in [1.29, 1.82) is 0 Å². The number of rotatable bonds is 5. The summed E-state index contributed by atoms with van der Waals surface area (Å²) in [6.07, 6.45) is -0.269. The maximum atomic E-state index is 12.9. The highest BCUT2D eigenvalue weighted by molar-refractivity contribution is 6.04. The monoisotopic (exact) mass is 463 g/mol. The molecule has 0 aliphatic rings. The van der Waals surface area contributed by atoms with Gasteiger partial charge in [-0.05, 0) is 72.1 Å². The van der Waals surface area contributed by atoms with Gasteiger partial charge in [0.2, 0.25) is 0 Å². The van der Waals surface area contributed by atoms with Gasteiger partial charge in [-0.1, -0.05) is 6.07 Å². The van der Waals surface area contributed by atoms with Crippen molar-refractivity contribution in [2.45, 2.75) is 13.1 Å². The van der Waals surface area contributed by atoms with E-state index in [2.05, 4.69) is 25.6 Å². The third-order valence-corrected chi connectivity index (χ3v) is 5.19. The predicted molar refractivity (Wildman–Crippen MR) is 124 cm³/mol. The zero-order valence-electron chi connectivity index (χ0n) is 18.3. The molecule has 0 aliphatic carbocycles. The van der Waals surface area contributed by atoms with Crippen molar-refractivity contribution < 1.29 is 18.0 Å². The zero-order chi connectivity index (χ0) is 24.3. The summed E-state index contributed by atoms with van der Waals surface area (Å²) in [6.45, 7) is 1.94. The summed E-state index contributed by atoms with van der Waals surface area (Å²) in [4.78, 5) is 24.6. The van der Waals surface area contributed by atoms with Crippen LogP contribution in [-0.4, -0.2) is 27.9 Å². The van der Waals surface area contributed by atoms with Crippen LogP contribution in [-0.2, 0) is 6.18 Å². The Kier molecular flexibility index (Phi) is 6.27. The SMILES string of the molecule is CNc1cc(-c2cc(-c3cc(NC(=O)c4ccnc(C(F)(F)F)c4)ccc3C)ccn2)ccn1. The molecule has 2 N–H and O–H groups in total. The van der Waals surface area contributed by atoms with Crippen LogP contribution < -0.4 is 10.6 Å². The number of aryl methyl sites for hydroxylation is 1. The minimum Gasteiger partial charge on any atom is -0.373 e. The lowest BCUT2D eigenvalue weighted by Crippen LogP contribution is -2.15. The third-order valence-electron chi connectivity index (χ3n) is 5.19. The summed E-state index contributed by atoms with van der Waals surface area (Å²) >= 11 is 0. The number of anilines is 2. The molecule has 0 saturated carbocycles. The van der Waals surface area contributed by atoms with E-state index in [1.807, 2.05) is 37.3 Å². The Balaban J connectivity index is 1.63. The number of aromatic nitrogens is 3. The predicted octanol–water partition coefficient (Wildman–Crippen LogP) is 5.83. The van der Waals surface area contributed by atoms with Crippen LogP contribution >= 0.6 is 0 Å². The molecule has 3 aromatic heterocycles. The van der Waals surface area contributed by atoms with E-state index in [1.165, 1.54) is 6.07 Å². The average molecular weight is 463 g/mol. The number of nitrogens with one attached hydrogen (secondary N) is 2. The van der Waals surface area contributed by atoms with Crippen molar-refractivity contribution >= 4 is 17.4 Å². The average Bonchev–Trinajstić information content (AvgIpc) is 2.85. The quantitative estimate of drug-likeness (QED) is 0.390. The first-order valence-corrected chi connectivity index (χ1v) is 10.3. The topological polar surface area (TPSA) is 79.8 Å². The van der Waals surface area contributed by atoms with Gasteiger partial charge in [-0.15, -0.1) is 0 Å². The van der Waals surface area contributed by atoms with Gasteiger partial charge in [0, 0.05) is 42.5 Å². The molecule has 0 fully saturated rings. The Labute approximate surface area is 193 Å². The Morgan fingerprint density at radius 1 is 0.853 bits per heavy atom. The molecule has 9 heteroatoms. The van der Waals surface area contributed by atoms with E-state index in [0.717, 1.165) is 46.0 Å². The number of halogens is 3. The lowest BCUT2D eigenvalue weighted by Gasteiger charge is -2.12. The van der Waals surface area contributed by atoms with Crippen LogP contribution in [0.3, 0.4) is 0 Å².